The Balaban J connectivity index is 2.11. The quantitative estimate of drug-likeness (QED) is 0.750. The molecule has 0 saturated carbocycles. The van der Waals surface area contributed by atoms with Crippen LogP contribution in [0.5, 0.6) is 0 Å². The summed E-state index contributed by atoms with van der Waals surface area (Å²) in [6, 6.07) is 5.92. The SMILES string of the molecule is NC(=O)C1CN([C@@H](c2ccc(Cl)cc2)c2ccc(F)c(C(F)(F)F)c2)C(=O)N1. The van der Waals surface area contributed by atoms with E-state index in [1.165, 1.54) is 29.2 Å². The first-order chi connectivity index (χ1) is 13.1. The molecule has 0 aromatic heterocycles. The molecular formula is C18H14ClF4N3O2. The third-order valence-corrected chi connectivity index (χ3v) is 4.64. The van der Waals surface area contributed by atoms with Crippen molar-refractivity contribution in [2.75, 3.05) is 6.54 Å². The van der Waals surface area contributed by atoms with E-state index in [4.69, 9.17) is 17.3 Å². The Kier molecular flexibility index (Phi) is 5.20. The number of hydrogen-bond donors (Lipinski definition) is 2. The Bertz CT molecular complexity index is 918. The lowest BCUT2D eigenvalue weighted by Crippen LogP contribution is -2.39. The van der Waals surface area contributed by atoms with Crippen LogP contribution in [-0.2, 0) is 11.0 Å². The summed E-state index contributed by atoms with van der Waals surface area (Å²) in [6.07, 6.45) is -4.91. The second-order valence-electron chi connectivity index (χ2n) is 6.25. The standard InChI is InChI=1S/C18H14ClF4N3O2/c19-11-4-1-9(2-5-11)15(26-8-14(16(24)27)25-17(26)28)10-3-6-13(20)12(7-10)18(21,22)23/h1-7,14-15H,8H2,(H2,24,27)(H,25,28)/t14?,15-/m0/s1. The molecule has 1 aliphatic rings. The first kappa shape index (κ1) is 19.9. The number of nitrogens with zero attached hydrogens (tertiary/aromatic N) is 1. The molecule has 148 valence electrons. The number of benzene rings is 2. The first-order valence-electron chi connectivity index (χ1n) is 8.06. The van der Waals surface area contributed by atoms with Gasteiger partial charge in [-0.1, -0.05) is 29.8 Å². The van der Waals surface area contributed by atoms with Gasteiger partial charge in [-0.25, -0.2) is 9.18 Å². The number of rotatable bonds is 4. The molecule has 5 nitrogen and oxygen atoms in total. The lowest BCUT2D eigenvalue weighted by Gasteiger charge is -2.28. The molecular weight excluding hydrogens is 402 g/mol. The molecule has 0 radical (unpaired) electrons. The van der Waals surface area contributed by atoms with Crippen LogP contribution < -0.4 is 11.1 Å². The van der Waals surface area contributed by atoms with Crippen LogP contribution in [0, 0.1) is 5.82 Å². The lowest BCUT2D eigenvalue weighted by molar-refractivity contribution is -0.140. The molecule has 1 heterocycles. The molecule has 3 rings (SSSR count). The van der Waals surface area contributed by atoms with Crippen LogP contribution in [0.2, 0.25) is 5.02 Å². The van der Waals surface area contributed by atoms with E-state index in [1.807, 2.05) is 0 Å². The van der Waals surface area contributed by atoms with E-state index in [-0.39, 0.29) is 12.1 Å². The van der Waals surface area contributed by atoms with E-state index in [1.54, 1.807) is 0 Å². The van der Waals surface area contributed by atoms with Gasteiger partial charge in [-0.3, -0.25) is 4.79 Å². The van der Waals surface area contributed by atoms with Crippen molar-refractivity contribution < 1.29 is 27.2 Å². The van der Waals surface area contributed by atoms with Crippen molar-refractivity contribution in [2.45, 2.75) is 18.3 Å². The van der Waals surface area contributed by atoms with Gasteiger partial charge >= 0.3 is 12.2 Å². The number of nitrogens with one attached hydrogen (secondary N) is 1. The Morgan fingerprint density at radius 3 is 2.32 bits per heavy atom. The normalized spacial score (nSPS) is 18.1. The highest BCUT2D eigenvalue weighted by Gasteiger charge is 2.40. The minimum atomic E-state index is -4.91. The van der Waals surface area contributed by atoms with Crippen LogP contribution in [0.1, 0.15) is 22.7 Å². The summed E-state index contributed by atoms with van der Waals surface area (Å²) < 4.78 is 53.2. The zero-order valence-electron chi connectivity index (χ0n) is 14.1. The number of carbonyl (C=O) groups is 2. The molecule has 1 fully saturated rings. The van der Waals surface area contributed by atoms with Gasteiger partial charge in [0.15, 0.2) is 0 Å². The second kappa shape index (κ2) is 7.31. The van der Waals surface area contributed by atoms with Crippen molar-refractivity contribution >= 4 is 23.5 Å². The summed E-state index contributed by atoms with van der Waals surface area (Å²) in [5, 5.41) is 2.77. The first-order valence-corrected chi connectivity index (χ1v) is 8.44. The molecule has 2 atom stereocenters. The van der Waals surface area contributed by atoms with Crippen LogP contribution in [-0.4, -0.2) is 29.4 Å². The summed E-state index contributed by atoms with van der Waals surface area (Å²) in [5.74, 6) is -2.20. The van der Waals surface area contributed by atoms with Crippen molar-refractivity contribution in [1.29, 1.82) is 0 Å². The average molecular weight is 416 g/mol. The van der Waals surface area contributed by atoms with Crippen LogP contribution in [0.15, 0.2) is 42.5 Å². The molecule has 3 amide bonds. The van der Waals surface area contributed by atoms with Crippen molar-refractivity contribution in [2.24, 2.45) is 5.73 Å². The summed E-state index contributed by atoms with van der Waals surface area (Å²) in [5.41, 5.74) is 4.23. The maximum Gasteiger partial charge on any atom is 0.419 e. The minimum Gasteiger partial charge on any atom is -0.368 e. The summed E-state index contributed by atoms with van der Waals surface area (Å²) >= 11 is 5.87. The van der Waals surface area contributed by atoms with Crippen LogP contribution in [0.3, 0.4) is 0 Å². The van der Waals surface area contributed by atoms with E-state index in [9.17, 15) is 27.2 Å². The largest absolute Gasteiger partial charge is 0.419 e. The number of carbonyl (C=O) groups excluding carboxylic acids is 2. The van der Waals surface area contributed by atoms with Crippen LogP contribution >= 0.6 is 11.6 Å². The Labute approximate surface area is 162 Å². The Hall–Kier alpha value is -2.81. The van der Waals surface area contributed by atoms with Crippen molar-refractivity contribution in [3.05, 3.63) is 70.0 Å². The third-order valence-electron chi connectivity index (χ3n) is 4.39. The molecule has 1 unspecified atom stereocenters. The highest BCUT2D eigenvalue weighted by Crippen LogP contribution is 2.37. The average Bonchev–Trinajstić information content (AvgIpc) is 2.99. The molecule has 28 heavy (non-hydrogen) atoms. The maximum atomic E-state index is 13.7. The van der Waals surface area contributed by atoms with Gasteiger partial charge in [-0.15, -0.1) is 0 Å². The monoisotopic (exact) mass is 415 g/mol. The van der Waals surface area contributed by atoms with Gasteiger partial charge in [0.25, 0.3) is 0 Å². The van der Waals surface area contributed by atoms with Crippen LogP contribution in [0.4, 0.5) is 22.4 Å². The van der Waals surface area contributed by atoms with Crippen molar-refractivity contribution in [3.63, 3.8) is 0 Å². The van der Waals surface area contributed by atoms with Crippen molar-refractivity contribution in [3.8, 4) is 0 Å². The summed E-state index contributed by atoms with van der Waals surface area (Å²) in [7, 11) is 0. The lowest BCUT2D eigenvalue weighted by atomic mass is 9.95. The fraction of sp³-hybridized carbons (Fsp3) is 0.222. The van der Waals surface area contributed by atoms with Crippen molar-refractivity contribution in [1.82, 2.24) is 10.2 Å². The van der Waals surface area contributed by atoms with Gasteiger partial charge in [-0.2, -0.15) is 13.2 Å². The number of alkyl halides is 3. The molecule has 2 aromatic rings. The van der Waals surface area contributed by atoms with Gasteiger partial charge in [0.1, 0.15) is 11.9 Å². The van der Waals surface area contributed by atoms with E-state index in [0.717, 1.165) is 6.07 Å². The topological polar surface area (TPSA) is 75.4 Å². The molecule has 2 aromatic carbocycles. The number of primary amides is 1. The number of nitrogens with two attached hydrogens (primary N) is 1. The van der Waals surface area contributed by atoms with Gasteiger partial charge < -0.3 is 16.0 Å². The third kappa shape index (κ3) is 3.89. The van der Waals surface area contributed by atoms with E-state index in [2.05, 4.69) is 5.32 Å². The zero-order valence-corrected chi connectivity index (χ0v) is 14.9. The van der Waals surface area contributed by atoms with E-state index in [0.29, 0.717) is 22.7 Å². The van der Waals surface area contributed by atoms with Gasteiger partial charge in [0, 0.05) is 5.02 Å². The fourth-order valence-corrected chi connectivity index (χ4v) is 3.19. The molecule has 10 heteroatoms. The predicted octanol–water partition coefficient (Wildman–Crippen LogP) is 3.47. The predicted molar refractivity (Wildman–Crippen MR) is 92.9 cm³/mol. The Morgan fingerprint density at radius 1 is 1.18 bits per heavy atom. The Morgan fingerprint density at radius 2 is 1.79 bits per heavy atom. The number of halogens is 5. The van der Waals surface area contributed by atoms with Gasteiger partial charge in [-0.05, 0) is 35.4 Å². The highest BCUT2D eigenvalue weighted by atomic mass is 35.5. The van der Waals surface area contributed by atoms with Gasteiger partial charge in [0.2, 0.25) is 5.91 Å². The number of urea groups is 1. The van der Waals surface area contributed by atoms with E-state index >= 15 is 0 Å². The molecule has 0 aliphatic carbocycles. The maximum absolute atomic E-state index is 13.7. The molecule has 3 N–H and O–H groups in total. The highest BCUT2D eigenvalue weighted by molar-refractivity contribution is 6.30. The molecule has 1 aliphatic heterocycles. The molecule has 0 spiro atoms. The minimum absolute atomic E-state index is 0.0244. The van der Waals surface area contributed by atoms with Gasteiger partial charge in [0.05, 0.1) is 18.2 Å². The molecule has 1 saturated heterocycles. The van der Waals surface area contributed by atoms with E-state index < -0.39 is 41.6 Å². The fourth-order valence-electron chi connectivity index (χ4n) is 3.07. The zero-order chi connectivity index (χ0) is 20.6. The second-order valence-corrected chi connectivity index (χ2v) is 6.68. The molecule has 0 bridgehead atoms. The number of hydrogen-bond acceptors (Lipinski definition) is 2. The van der Waals surface area contributed by atoms with Crippen LogP contribution in [0.25, 0.3) is 0 Å². The summed E-state index contributed by atoms with van der Waals surface area (Å²) in [6.45, 7) is -0.153. The number of amides is 3. The smallest absolute Gasteiger partial charge is 0.368 e. The summed E-state index contributed by atoms with van der Waals surface area (Å²) in [4.78, 5) is 25.0.